The average molecular weight is 139 g/mol. The first-order valence-electron chi connectivity index (χ1n) is 3.68. The third-order valence-electron chi connectivity index (χ3n) is 1.76. The molecule has 0 saturated heterocycles. The normalized spacial score (nSPS) is 18.3. The minimum Gasteiger partial charge on any atom is -0.353 e. The molecular formula is C8H13NO. The molecule has 1 aliphatic rings. The number of carbonyl (C=O) groups is 1. The molecule has 0 bridgehead atoms. The summed E-state index contributed by atoms with van der Waals surface area (Å²) >= 11 is 0. The Morgan fingerprint density at radius 3 is 2.80 bits per heavy atom. The Kier molecular flexibility index (Phi) is 2.10. The van der Waals surface area contributed by atoms with Crippen LogP contribution in [0.5, 0.6) is 0 Å². The second-order valence-electron chi connectivity index (χ2n) is 2.78. The van der Waals surface area contributed by atoms with Gasteiger partial charge in [0.25, 0.3) is 0 Å². The highest BCUT2D eigenvalue weighted by Crippen LogP contribution is 2.23. The van der Waals surface area contributed by atoms with Crippen LogP contribution in [-0.2, 0) is 4.79 Å². The molecule has 0 aliphatic heterocycles. The molecule has 0 radical (unpaired) electrons. The molecule has 1 fully saturated rings. The van der Waals surface area contributed by atoms with E-state index in [4.69, 9.17) is 0 Å². The summed E-state index contributed by atoms with van der Waals surface area (Å²) in [6, 6.07) is 0.389. The maximum atomic E-state index is 10.8. The van der Waals surface area contributed by atoms with E-state index in [1.807, 2.05) is 6.92 Å². The van der Waals surface area contributed by atoms with Crippen LogP contribution in [0, 0.1) is 0 Å². The topological polar surface area (TPSA) is 29.1 Å². The van der Waals surface area contributed by atoms with Gasteiger partial charge in [-0.05, 0) is 12.8 Å². The van der Waals surface area contributed by atoms with Crippen LogP contribution in [-0.4, -0.2) is 11.9 Å². The van der Waals surface area contributed by atoms with Gasteiger partial charge in [0.1, 0.15) is 0 Å². The Morgan fingerprint density at radius 2 is 2.40 bits per heavy atom. The van der Waals surface area contributed by atoms with Crippen molar-refractivity contribution < 1.29 is 4.79 Å². The van der Waals surface area contributed by atoms with E-state index >= 15 is 0 Å². The molecule has 0 spiro atoms. The lowest BCUT2D eigenvalue weighted by molar-refractivity contribution is -0.121. The Balaban J connectivity index is 2.16. The van der Waals surface area contributed by atoms with E-state index in [9.17, 15) is 4.79 Å². The van der Waals surface area contributed by atoms with E-state index < -0.39 is 0 Å². The molecule has 0 heterocycles. The van der Waals surface area contributed by atoms with Crippen molar-refractivity contribution in [3.8, 4) is 0 Å². The molecule has 2 nitrogen and oxygen atoms in total. The minimum absolute atomic E-state index is 0.150. The Morgan fingerprint density at radius 1 is 1.80 bits per heavy atom. The van der Waals surface area contributed by atoms with Crippen molar-refractivity contribution in [3.05, 3.63) is 12.2 Å². The van der Waals surface area contributed by atoms with E-state index in [0.717, 1.165) is 12.8 Å². The van der Waals surface area contributed by atoms with E-state index in [-0.39, 0.29) is 5.91 Å². The number of hydrogen-bond donors (Lipinski definition) is 1. The van der Waals surface area contributed by atoms with Crippen LogP contribution in [0.2, 0.25) is 0 Å². The number of nitrogens with one attached hydrogen (secondary N) is 1. The van der Waals surface area contributed by atoms with Crippen molar-refractivity contribution in [2.75, 3.05) is 0 Å². The monoisotopic (exact) mass is 139 g/mol. The van der Waals surface area contributed by atoms with Crippen LogP contribution < -0.4 is 5.32 Å². The molecule has 0 unspecified atom stereocenters. The smallest absolute Gasteiger partial charge is 0.219 e. The zero-order valence-corrected chi connectivity index (χ0v) is 6.31. The molecule has 1 aliphatic carbocycles. The van der Waals surface area contributed by atoms with E-state index in [1.54, 1.807) is 0 Å². The molecule has 1 amide bonds. The van der Waals surface area contributed by atoms with E-state index in [2.05, 4.69) is 11.9 Å². The molecule has 56 valence electrons. The first-order chi connectivity index (χ1) is 4.72. The molecule has 0 atom stereocenters. The number of amides is 1. The number of carbonyl (C=O) groups excluding carboxylic acids is 1. The zero-order chi connectivity index (χ0) is 7.56. The van der Waals surface area contributed by atoms with Gasteiger partial charge in [-0.15, -0.1) is 0 Å². The number of hydrogen-bond acceptors (Lipinski definition) is 1. The van der Waals surface area contributed by atoms with Crippen LogP contribution in [0.4, 0.5) is 0 Å². The molecule has 1 N–H and O–H groups in total. The standard InChI is InChI=1S/C8H13NO/c1-3-8(10)9-7-4-6(2)5-7/h7H,2-5H2,1H3,(H,9,10). The average Bonchev–Trinajstić information content (AvgIpc) is 1.84. The fourth-order valence-electron chi connectivity index (χ4n) is 1.07. The fourth-order valence-corrected chi connectivity index (χ4v) is 1.07. The Hall–Kier alpha value is -0.790. The highest BCUT2D eigenvalue weighted by Gasteiger charge is 2.21. The third-order valence-corrected chi connectivity index (χ3v) is 1.76. The Bertz CT molecular complexity index is 155. The second kappa shape index (κ2) is 2.86. The van der Waals surface area contributed by atoms with Gasteiger partial charge < -0.3 is 5.32 Å². The van der Waals surface area contributed by atoms with Gasteiger partial charge in [0, 0.05) is 12.5 Å². The van der Waals surface area contributed by atoms with Gasteiger partial charge >= 0.3 is 0 Å². The first-order valence-corrected chi connectivity index (χ1v) is 3.68. The van der Waals surface area contributed by atoms with Crippen LogP contribution in [0.1, 0.15) is 26.2 Å². The van der Waals surface area contributed by atoms with Crippen LogP contribution in [0.15, 0.2) is 12.2 Å². The Labute approximate surface area is 61.3 Å². The largest absolute Gasteiger partial charge is 0.353 e. The second-order valence-corrected chi connectivity index (χ2v) is 2.78. The van der Waals surface area contributed by atoms with Gasteiger partial charge in [-0.3, -0.25) is 4.79 Å². The third kappa shape index (κ3) is 1.59. The van der Waals surface area contributed by atoms with Gasteiger partial charge in [-0.1, -0.05) is 19.1 Å². The highest BCUT2D eigenvalue weighted by molar-refractivity contribution is 5.76. The van der Waals surface area contributed by atoms with E-state index in [1.165, 1.54) is 5.57 Å². The fraction of sp³-hybridized carbons (Fsp3) is 0.625. The molecule has 1 saturated carbocycles. The first kappa shape index (κ1) is 7.32. The molecular weight excluding hydrogens is 126 g/mol. The number of rotatable bonds is 2. The summed E-state index contributed by atoms with van der Waals surface area (Å²) in [4.78, 5) is 10.8. The quantitative estimate of drug-likeness (QED) is 0.573. The van der Waals surface area contributed by atoms with Gasteiger partial charge in [-0.25, -0.2) is 0 Å². The van der Waals surface area contributed by atoms with Crippen molar-refractivity contribution >= 4 is 5.91 Å². The summed E-state index contributed by atoms with van der Waals surface area (Å²) < 4.78 is 0. The lowest BCUT2D eigenvalue weighted by Crippen LogP contribution is -2.40. The summed E-state index contributed by atoms with van der Waals surface area (Å²) in [5.74, 6) is 0.150. The molecule has 10 heavy (non-hydrogen) atoms. The van der Waals surface area contributed by atoms with Gasteiger partial charge in [0.15, 0.2) is 0 Å². The van der Waals surface area contributed by atoms with Crippen LogP contribution >= 0.6 is 0 Å². The van der Waals surface area contributed by atoms with Crippen LogP contribution in [0.25, 0.3) is 0 Å². The summed E-state index contributed by atoms with van der Waals surface area (Å²) in [7, 11) is 0. The van der Waals surface area contributed by atoms with Gasteiger partial charge in [-0.2, -0.15) is 0 Å². The molecule has 2 heteroatoms. The zero-order valence-electron chi connectivity index (χ0n) is 6.31. The van der Waals surface area contributed by atoms with Crippen molar-refractivity contribution in [1.82, 2.24) is 5.32 Å². The lowest BCUT2D eigenvalue weighted by Gasteiger charge is -2.28. The molecule has 0 aromatic heterocycles. The SMILES string of the molecule is C=C1CC(NC(=O)CC)C1. The van der Waals surface area contributed by atoms with Crippen molar-refractivity contribution in [2.24, 2.45) is 0 Å². The predicted molar refractivity (Wildman–Crippen MR) is 40.6 cm³/mol. The summed E-state index contributed by atoms with van der Waals surface area (Å²) in [6.45, 7) is 5.66. The summed E-state index contributed by atoms with van der Waals surface area (Å²) in [6.07, 6.45) is 2.54. The molecule has 0 aromatic carbocycles. The lowest BCUT2D eigenvalue weighted by atomic mass is 9.88. The van der Waals surface area contributed by atoms with Gasteiger partial charge in [0.2, 0.25) is 5.91 Å². The highest BCUT2D eigenvalue weighted by atomic mass is 16.1. The van der Waals surface area contributed by atoms with E-state index in [0.29, 0.717) is 12.5 Å². The van der Waals surface area contributed by atoms with Crippen molar-refractivity contribution in [1.29, 1.82) is 0 Å². The maximum absolute atomic E-state index is 10.8. The van der Waals surface area contributed by atoms with Crippen LogP contribution in [0.3, 0.4) is 0 Å². The maximum Gasteiger partial charge on any atom is 0.219 e. The minimum atomic E-state index is 0.150. The van der Waals surface area contributed by atoms with Crippen molar-refractivity contribution in [2.45, 2.75) is 32.2 Å². The molecule has 0 aromatic rings. The van der Waals surface area contributed by atoms with Crippen molar-refractivity contribution in [3.63, 3.8) is 0 Å². The summed E-state index contributed by atoms with van der Waals surface area (Å²) in [5.41, 5.74) is 1.25. The predicted octanol–water partition coefficient (Wildman–Crippen LogP) is 1.23. The van der Waals surface area contributed by atoms with Gasteiger partial charge in [0.05, 0.1) is 0 Å². The molecule has 1 rings (SSSR count). The summed E-state index contributed by atoms with van der Waals surface area (Å²) in [5, 5.41) is 2.90.